The monoisotopic (exact) mass is 346 g/mol. The van der Waals surface area contributed by atoms with Crippen molar-refractivity contribution in [3.05, 3.63) is 41.0 Å². The molecule has 0 bridgehead atoms. The third-order valence-electron chi connectivity index (χ3n) is 2.79. The highest BCUT2D eigenvalue weighted by Crippen LogP contribution is 2.37. The zero-order valence-electron chi connectivity index (χ0n) is 12.1. The van der Waals surface area contributed by atoms with E-state index in [2.05, 4.69) is 20.6 Å². The summed E-state index contributed by atoms with van der Waals surface area (Å²) in [4.78, 5) is 8.07. The molecule has 9 heteroatoms. The fourth-order valence-corrected chi connectivity index (χ4v) is 1.95. The topological polar surface area (TPSA) is 59.1 Å². The molecule has 124 valence electrons. The van der Waals surface area contributed by atoms with Crippen LogP contribution >= 0.6 is 11.6 Å². The Hall–Kier alpha value is -2.06. The number of hydrogen-bond donors (Lipinski definition) is 2. The number of anilines is 3. The average molecular weight is 347 g/mol. The van der Waals surface area contributed by atoms with Crippen LogP contribution in [0.2, 0.25) is 5.02 Å². The lowest BCUT2D eigenvalue weighted by atomic mass is 10.1. The van der Waals surface area contributed by atoms with Gasteiger partial charge in [0.25, 0.3) is 0 Å². The van der Waals surface area contributed by atoms with Gasteiger partial charge in [0.2, 0.25) is 5.95 Å². The van der Waals surface area contributed by atoms with E-state index in [1.165, 1.54) is 24.4 Å². The van der Waals surface area contributed by atoms with E-state index in [1.54, 1.807) is 7.11 Å². The highest BCUT2D eigenvalue weighted by Gasteiger charge is 2.33. The largest absolute Gasteiger partial charge is 0.418 e. The van der Waals surface area contributed by atoms with Crippen molar-refractivity contribution in [1.29, 1.82) is 0 Å². The van der Waals surface area contributed by atoms with Gasteiger partial charge >= 0.3 is 6.18 Å². The summed E-state index contributed by atoms with van der Waals surface area (Å²) in [6.45, 7) is 0.936. The number of rotatable bonds is 6. The summed E-state index contributed by atoms with van der Waals surface area (Å²) in [5.41, 5.74) is -0.999. The van der Waals surface area contributed by atoms with Gasteiger partial charge in [0.1, 0.15) is 5.82 Å². The molecule has 0 amide bonds. The molecule has 1 heterocycles. The maximum atomic E-state index is 13.1. The predicted octanol–water partition coefficient (Wildman–Crippen LogP) is 3.95. The second-order valence-electron chi connectivity index (χ2n) is 4.50. The number of halogens is 4. The normalized spacial score (nSPS) is 11.3. The molecule has 2 N–H and O–H groups in total. The minimum Gasteiger partial charge on any atom is -0.383 e. The summed E-state index contributed by atoms with van der Waals surface area (Å²) in [5, 5.41) is 5.54. The maximum Gasteiger partial charge on any atom is 0.418 e. The van der Waals surface area contributed by atoms with E-state index in [4.69, 9.17) is 16.3 Å². The molecule has 0 saturated heterocycles. The molecule has 0 unspecified atom stereocenters. The molecule has 0 atom stereocenters. The van der Waals surface area contributed by atoms with Crippen LogP contribution < -0.4 is 10.6 Å². The smallest absolute Gasteiger partial charge is 0.383 e. The number of methoxy groups -OCH3 is 1. The summed E-state index contributed by atoms with van der Waals surface area (Å²) in [7, 11) is 1.56. The molecular formula is C14H14ClF3N4O. The first-order chi connectivity index (χ1) is 10.9. The Kier molecular flexibility index (Phi) is 5.62. The molecule has 0 spiro atoms. The van der Waals surface area contributed by atoms with Crippen LogP contribution in [0.15, 0.2) is 30.5 Å². The van der Waals surface area contributed by atoms with Crippen LogP contribution in [0, 0.1) is 0 Å². The number of nitrogens with one attached hydrogen (secondary N) is 2. The molecule has 0 fully saturated rings. The van der Waals surface area contributed by atoms with Crippen molar-refractivity contribution in [1.82, 2.24) is 9.97 Å². The molecule has 0 aliphatic heterocycles. The van der Waals surface area contributed by atoms with Crippen molar-refractivity contribution in [3.8, 4) is 0 Å². The van der Waals surface area contributed by atoms with E-state index in [1.807, 2.05) is 0 Å². The molecule has 2 aromatic rings. The van der Waals surface area contributed by atoms with Crippen molar-refractivity contribution in [2.24, 2.45) is 0 Å². The summed E-state index contributed by atoms with van der Waals surface area (Å²) >= 11 is 5.65. The van der Waals surface area contributed by atoms with Gasteiger partial charge < -0.3 is 15.4 Å². The molecular weight excluding hydrogens is 333 g/mol. The first kappa shape index (κ1) is 17.3. The first-order valence-electron chi connectivity index (χ1n) is 6.60. The van der Waals surface area contributed by atoms with Crippen LogP contribution in [0.3, 0.4) is 0 Å². The van der Waals surface area contributed by atoms with Crippen molar-refractivity contribution in [3.63, 3.8) is 0 Å². The fourth-order valence-electron chi connectivity index (χ4n) is 1.78. The molecule has 5 nitrogen and oxygen atoms in total. The number of ether oxygens (including phenoxy) is 1. The SMILES string of the molecule is COCCNc1nccc(Nc2ccc(Cl)cc2C(F)(F)F)n1. The Morgan fingerprint density at radius 1 is 1.26 bits per heavy atom. The average Bonchev–Trinajstić information content (AvgIpc) is 2.49. The minimum absolute atomic E-state index is 0.00693. The number of alkyl halides is 3. The van der Waals surface area contributed by atoms with Crippen molar-refractivity contribution < 1.29 is 17.9 Å². The first-order valence-corrected chi connectivity index (χ1v) is 6.97. The standard InChI is InChI=1S/C14H14ClF3N4O/c1-23-7-6-20-13-19-5-4-12(22-13)21-11-3-2-9(15)8-10(11)14(16,17)18/h2-5,8H,6-7H2,1H3,(H2,19,20,21,22). The van der Waals surface area contributed by atoms with E-state index < -0.39 is 11.7 Å². The number of nitrogens with zero attached hydrogens (tertiary/aromatic N) is 2. The van der Waals surface area contributed by atoms with Crippen LogP contribution in [0.25, 0.3) is 0 Å². The lowest BCUT2D eigenvalue weighted by molar-refractivity contribution is -0.136. The highest BCUT2D eigenvalue weighted by molar-refractivity contribution is 6.30. The molecule has 0 radical (unpaired) electrons. The molecule has 2 rings (SSSR count). The van der Waals surface area contributed by atoms with Gasteiger partial charge in [0, 0.05) is 24.9 Å². The van der Waals surface area contributed by atoms with Crippen LogP contribution in [-0.2, 0) is 10.9 Å². The minimum atomic E-state index is -4.53. The van der Waals surface area contributed by atoms with Crippen LogP contribution in [0.1, 0.15) is 5.56 Å². The van der Waals surface area contributed by atoms with Gasteiger partial charge in [-0.05, 0) is 24.3 Å². The number of benzene rings is 1. The summed E-state index contributed by atoms with van der Waals surface area (Å²) < 4.78 is 44.1. The lowest BCUT2D eigenvalue weighted by Gasteiger charge is -2.15. The van der Waals surface area contributed by atoms with Crippen LogP contribution in [0.4, 0.5) is 30.6 Å². The third kappa shape index (κ3) is 4.97. The van der Waals surface area contributed by atoms with Gasteiger partial charge in [-0.15, -0.1) is 0 Å². The van der Waals surface area contributed by atoms with E-state index >= 15 is 0 Å². The molecule has 0 saturated carbocycles. The van der Waals surface area contributed by atoms with Gasteiger partial charge in [-0.25, -0.2) is 4.98 Å². The van der Waals surface area contributed by atoms with Gasteiger partial charge in [-0.3, -0.25) is 0 Å². The fraction of sp³-hybridized carbons (Fsp3) is 0.286. The number of aromatic nitrogens is 2. The molecule has 1 aromatic carbocycles. The summed E-state index contributed by atoms with van der Waals surface area (Å²) in [6, 6.07) is 4.96. The van der Waals surface area contributed by atoms with E-state index in [0.717, 1.165) is 6.07 Å². The maximum absolute atomic E-state index is 13.1. The van der Waals surface area contributed by atoms with Crippen LogP contribution in [0.5, 0.6) is 0 Å². The molecule has 1 aromatic heterocycles. The van der Waals surface area contributed by atoms with Crippen molar-refractivity contribution in [2.45, 2.75) is 6.18 Å². The second kappa shape index (κ2) is 7.47. The Balaban J connectivity index is 2.21. The van der Waals surface area contributed by atoms with Crippen LogP contribution in [-0.4, -0.2) is 30.2 Å². The van der Waals surface area contributed by atoms with E-state index in [9.17, 15) is 13.2 Å². The molecule has 23 heavy (non-hydrogen) atoms. The van der Waals surface area contributed by atoms with Gasteiger partial charge in [-0.2, -0.15) is 18.2 Å². The number of hydrogen-bond acceptors (Lipinski definition) is 5. The Morgan fingerprint density at radius 2 is 2.04 bits per heavy atom. The highest BCUT2D eigenvalue weighted by atomic mass is 35.5. The lowest BCUT2D eigenvalue weighted by Crippen LogP contribution is -2.12. The zero-order valence-corrected chi connectivity index (χ0v) is 12.9. The van der Waals surface area contributed by atoms with Gasteiger partial charge in [-0.1, -0.05) is 11.6 Å². The summed E-state index contributed by atoms with van der Waals surface area (Å²) in [5.74, 6) is 0.516. The second-order valence-corrected chi connectivity index (χ2v) is 4.93. The summed E-state index contributed by atoms with van der Waals surface area (Å²) in [6.07, 6.45) is -3.09. The van der Waals surface area contributed by atoms with E-state index in [-0.39, 0.29) is 22.5 Å². The Morgan fingerprint density at radius 3 is 2.74 bits per heavy atom. The Bertz CT molecular complexity index is 667. The zero-order chi connectivity index (χ0) is 16.9. The van der Waals surface area contributed by atoms with E-state index in [0.29, 0.717) is 13.2 Å². The molecule has 0 aliphatic rings. The molecule has 0 aliphatic carbocycles. The predicted molar refractivity (Wildman–Crippen MR) is 82.1 cm³/mol. The van der Waals surface area contributed by atoms with Gasteiger partial charge in [0.05, 0.1) is 17.9 Å². The van der Waals surface area contributed by atoms with Crippen molar-refractivity contribution in [2.75, 3.05) is 30.9 Å². The Labute approximate surface area is 135 Å². The quantitative estimate of drug-likeness (QED) is 0.776. The van der Waals surface area contributed by atoms with Crippen molar-refractivity contribution >= 4 is 29.1 Å². The third-order valence-corrected chi connectivity index (χ3v) is 3.03. The van der Waals surface area contributed by atoms with Gasteiger partial charge in [0.15, 0.2) is 0 Å².